The Kier molecular flexibility index (Phi) is 3.29. The first-order chi connectivity index (χ1) is 11.2. The Morgan fingerprint density at radius 1 is 1.09 bits per heavy atom. The number of carbonyl (C=O) groups excluding carboxylic acids is 2. The van der Waals surface area contributed by atoms with E-state index in [1.165, 1.54) is 18.6 Å². The maximum Gasteiger partial charge on any atom is 0.274 e. The number of hydrogen-bond donors (Lipinski definition) is 0. The van der Waals surface area contributed by atoms with E-state index in [0.29, 0.717) is 25.3 Å². The molecule has 23 heavy (non-hydrogen) atoms. The molecule has 0 bridgehead atoms. The van der Waals surface area contributed by atoms with Crippen LogP contribution in [0.15, 0.2) is 48.9 Å². The van der Waals surface area contributed by atoms with E-state index in [-0.39, 0.29) is 23.7 Å². The molecular weight excluding hydrogens is 292 g/mol. The summed E-state index contributed by atoms with van der Waals surface area (Å²) in [6, 6.07) is 9.69. The molecule has 2 fully saturated rings. The van der Waals surface area contributed by atoms with E-state index in [0.717, 1.165) is 5.69 Å². The predicted molar refractivity (Wildman–Crippen MR) is 83.7 cm³/mol. The normalized spacial score (nSPS) is 23.2. The lowest BCUT2D eigenvalue weighted by Gasteiger charge is -2.21. The Bertz CT molecular complexity index is 735. The fourth-order valence-electron chi connectivity index (χ4n) is 3.44. The highest BCUT2D eigenvalue weighted by Gasteiger charge is 2.47. The molecule has 1 aromatic heterocycles. The van der Waals surface area contributed by atoms with E-state index in [9.17, 15) is 9.59 Å². The van der Waals surface area contributed by atoms with Gasteiger partial charge in [-0.05, 0) is 12.1 Å². The molecule has 4 rings (SSSR count). The highest BCUT2D eigenvalue weighted by molar-refractivity contribution is 5.99. The zero-order valence-corrected chi connectivity index (χ0v) is 12.5. The second-order valence-corrected chi connectivity index (χ2v) is 5.95. The van der Waals surface area contributed by atoms with E-state index >= 15 is 0 Å². The Balaban J connectivity index is 1.49. The van der Waals surface area contributed by atoms with Crippen LogP contribution >= 0.6 is 0 Å². The van der Waals surface area contributed by atoms with Crippen LogP contribution in [-0.2, 0) is 4.79 Å². The van der Waals surface area contributed by atoms with Crippen molar-refractivity contribution in [3.63, 3.8) is 0 Å². The van der Waals surface area contributed by atoms with Crippen molar-refractivity contribution in [1.29, 1.82) is 0 Å². The fourth-order valence-corrected chi connectivity index (χ4v) is 3.44. The Morgan fingerprint density at radius 3 is 2.61 bits per heavy atom. The molecule has 0 saturated carbocycles. The lowest BCUT2D eigenvalue weighted by Crippen LogP contribution is -2.36. The van der Waals surface area contributed by atoms with Gasteiger partial charge in [0.25, 0.3) is 5.91 Å². The smallest absolute Gasteiger partial charge is 0.274 e. The average Bonchev–Trinajstić information content (AvgIpc) is 3.16. The Labute approximate surface area is 133 Å². The van der Waals surface area contributed by atoms with Crippen molar-refractivity contribution in [3.8, 4) is 0 Å². The van der Waals surface area contributed by atoms with E-state index in [2.05, 4.69) is 9.97 Å². The van der Waals surface area contributed by atoms with E-state index in [1.54, 1.807) is 4.90 Å². The van der Waals surface area contributed by atoms with Crippen LogP contribution in [0.3, 0.4) is 0 Å². The average molecular weight is 308 g/mol. The van der Waals surface area contributed by atoms with Gasteiger partial charge in [-0.15, -0.1) is 0 Å². The fraction of sp³-hybridized carbons (Fsp3) is 0.294. The van der Waals surface area contributed by atoms with Gasteiger partial charge >= 0.3 is 0 Å². The number of aromatic nitrogens is 2. The molecule has 1 aromatic carbocycles. The number of likely N-dealkylation sites (tertiary alicyclic amines) is 1. The van der Waals surface area contributed by atoms with Gasteiger partial charge < -0.3 is 9.80 Å². The molecule has 3 heterocycles. The molecule has 0 N–H and O–H groups in total. The van der Waals surface area contributed by atoms with Crippen molar-refractivity contribution in [2.45, 2.75) is 0 Å². The van der Waals surface area contributed by atoms with Gasteiger partial charge in [-0.2, -0.15) is 0 Å². The third kappa shape index (κ3) is 2.36. The van der Waals surface area contributed by atoms with Crippen LogP contribution in [0.25, 0.3) is 0 Å². The zero-order valence-electron chi connectivity index (χ0n) is 12.5. The summed E-state index contributed by atoms with van der Waals surface area (Å²) in [6.45, 7) is 1.72. The first-order valence-electron chi connectivity index (χ1n) is 7.66. The summed E-state index contributed by atoms with van der Waals surface area (Å²) >= 11 is 0. The van der Waals surface area contributed by atoms with Crippen molar-refractivity contribution >= 4 is 17.5 Å². The van der Waals surface area contributed by atoms with Gasteiger partial charge in [0.1, 0.15) is 5.69 Å². The molecule has 2 aliphatic heterocycles. The molecule has 6 nitrogen and oxygen atoms in total. The molecular formula is C17H16N4O2. The van der Waals surface area contributed by atoms with Crippen LogP contribution in [0, 0.1) is 11.8 Å². The van der Waals surface area contributed by atoms with Crippen LogP contribution < -0.4 is 4.90 Å². The van der Waals surface area contributed by atoms with Crippen LogP contribution in [0.5, 0.6) is 0 Å². The van der Waals surface area contributed by atoms with Crippen molar-refractivity contribution in [2.75, 3.05) is 24.5 Å². The highest BCUT2D eigenvalue weighted by atomic mass is 16.2. The summed E-state index contributed by atoms with van der Waals surface area (Å²) in [5, 5.41) is 0. The summed E-state index contributed by atoms with van der Waals surface area (Å²) in [5.74, 6) is 0.0290. The molecule has 2 aliphatic rings. The first kappa shape index (κ1) is 13.9. The van der Waals surface area contributed by atoms with Gasteiger partial charge in [0.15, 0.2) is 0 Å². The molecule has 0 radical (unpaired) electrons. The molecule has 2 atom stereocenters. The summed E-state index contributed by atoms with van der Waals surface area (Å²) in [7, 11) is 0. The van der Waals surface area contributed by atoms with Crippen LogP contribution in [-0.4, -0.2) is 46.3 Å². The number of benzene rings is 1. The first-order valence-corrected chi connectivity index (χ1v) is 7.66. The number of rotatable bonds is 2. The maximum atomic E-state index is 12.7. The van der Waals surface area contributed by atoms with Gasteiger partial charge in [-0.25, -0.2) is 4.98 Å². The topological polar surface area (TPSA) is 66.4 Å². The minimum atomic E-state index is -0.147. The standard InChI is InChI=1S/C17H16N4O2/c22-16-14-11-20(17(23)15-8-18-6-7-19-15)9-12(14)10-21(16)13-4-2-1-3-5-13/h1-8,12,14H,9-11H2/t12-,14+/m1/s1. The molecule has 0 unspecified atom stereocenters. The summed E-state index contributed by atoms with van der Waals surface area (Å²) in [4.78, 5) is 36.6. The van der Waals surface area contributed by atoms with Crippen molar-refractivity contribution < 1.29 is 9.59 Å². The third-order valence-corrected chi connectivity index (χ3v) is 4.58. The molecule has 2 aromatic rings. The second-order valence-electron chi connectivity index (χ2n) is 5.95. The number of carbonyl (C=O) groups is 2. The summed E-state index contributed by atoms with van der Waals surface area (Å²) in [5.41, 5.74) is 1.26. The van der Waals surface area contributed by atoms with Crippen LogP contribution in [0.1, 0.15) is 10.5 Å². The monoisotopic (exact) mass is 308 g/mol. The minimum absolute atomic E-state index is 0.107. The number of hydrogen-bond acceptors (Lipinski definition) is 4. The summed E-state index contributed by atoms with van der Waals surface area (Å²) < 4.78 is 0. The molecule has 6 heteroatoms. The quantitative estimate of drug-likeness (QED) is 0.836. The lowest BCUT2D eigenvalue weighted by atomic mass is 10.0. The SMILES string of the molecule is O=C(c1cnccn1)N1C[C@@H]2CN(c3ccccc3)C(=O)[C@H]2C1. The van der Waals surface area contributed by atoms with Crippen LogP contribution in [0.4, 0.5) is 5.69 Å². The van der Waals surface area contributed by atoms with Gasteiger partial charge in [-0.3, -0.25) is 14.6 Å². The Morgan fingerprint density at radius 2 is 1.91 bits per heavy atom. The van der Waals surface area contributed by atoms with Crippen molar-refractivity contribution in [2.24, 2.45) is 11.8 Å². The molecule has 2 amide bonds. The molecule has 116 valence electrons. The summed E-state index contributed by atoms with van der Waals surface area (Å²) in [6.07, 6.45) is 4.51. The Hall–Kier alpha value is -2.76. The number of anilines is 1. The number of para-hydroxylation sites is 1. The zero-order chi connectivity index (χ0) is 15.8. The molecule has 2 saturated heterocycles. The van der Waals surface area contributed by atoms with Crippen molar-refractivity contribution in [1.82, 2.24) is 14.9 Å². The van der Waals surface area contributed by atoms with Gasteiger partial charge in [0, 0.05) is 43.6 Å². The largest absolute Gasteiger partial charge is 0.336 e. The minimum Gasteiger partial charge on any atom is -0.336 e. The number of amides is 2. The third-order valence-electron chi connectivity index (χ3n) is 4.58. The predicted octanol–water partition coefficient (Wildman–Crippen LogP) is 1.21. The van der Waals surface area contributed by atoms with Gasteiger partial charge in [-0.1, -0.05) is 18.2 Å². The van der Waals surface area contributed by atoms with Gasteiger partial charge in [0.05, 0.1) is 12.1 Å². The molecule has 0 spiro atoms. The van der Waals surface area contributed by atoms with E-state index < -0.39 is 0 Å². The van der Waals surface area contributed by atoms with E-state index in [1.807, 2.05) is 35.2 Å². The van der Waals surface area contributed by atoms with Crippen LogP contribution in [0.2, 0.25) is 0 Å². The maximum absolute atomic E-state index is 12.7. The van der Waals surface area contributed by atoms with Gasteiger partial charge in [0.2, 0.25) is 5.91 Å². The lowest BCUT2D eigenvalue weighted by molar-refractivity contribution is -0.120. The molecule has 0 aliphatic carbocycles. The highest BCUT2D eigenvalue weighted by Crippen LogP contribution is 2.35. The van der Waals surface area contributed by atoms with Crippen molar-refractivity contribution in [3.05, 3.63) is 54.6 Å². The van der Waals surface area contributed by atoms with E-state index in [4.69, 9.17) is 0 Å². The second kappa shape index (κ2) is 5.46. The number of fused-ring (bicyclic) bond motifs is 1. The number of nitrogens with zero attached hydrogens (tertiary/aromatic N) is 4.